The van der Waals surface area contributed by atoms with Crippen molar-refractivity contribution in [2.45, 2.75) is 5.41 Å². The molecule has 0 atom stereocenters. The van der Waals surface area contributed by atoms with Gasteiger partial charge in [0.25, 0.3) is 0 Å². The Hall–Kier alpha value is -1.60. The zero-order valence-electron chi connectivity index (χ0n) is 8.94. The highest BCUT2D eigenvalue weighted by Gasteiger charge is 2.48. The first kappa shape index (κ1) is 8.54. The van der Waals surface area contributed by atoms with E-state index < -0.39 is 0 Å². The first-order chi connectivity index (χ1) is 7.92. The molecule has 78 valence electrons. The van der Waals surface area contributed by atoms with Gasteiger partial charge in [0.05, 0.1) is 18.6 Å². The SMILES string of the molecule is c1ccc2c(c1)-c1ccccc1C21COC1. The minimum atomic E-state index is 0.160. The normalized spacial score (nSPS) is 19.0. The van der Waals surface area contributed by atoms with Crippen LogP contribution < -0.4 is 0 Å². The van der Waals surface area contributed by atoms with Crippen LogP contribution in [0, 0.1) is 0 Å². The Morgan fingerprint density at radius 3 is 1.69 bits per heavy atom. The number of hydrogen-bond acceptors (Lipinski definition) is 1. The lowest BCUT2D eigenvalue weighted by atomic mass is 9.76. The maximum Gasteiger partial charge on any atom is 0.0681 e. The highest BCUT2D eigenvalue weighted by molar-refractivity contribution is 5.81. The van der Waals surface area contributed by atoms with Gasteiger partial charge in [0.1, 0.15) is 0 Å². The first-order valence-corrected chi connectivity index (χ1v) is 5.69. The van der Waals surface area contributed by atoms with Crippen LogP contribution in [0.1, 0.15) is 11.1 Å². The molecule has 16 heavy (non-hydrogen) atoms. The summed E-state index contributed by atoms with van der Waals surface area (Å²) in [5.74, 6) is 0. The maximum atomic E-state index is 5.47. The number of hydrogen-bond donors (Lipinski definition) is 0. The topological polar surface area (TPSA) is 9.23 Å². The van der Waals surface area contributed by atoms with Crippen LogP contribution in [0.2, 0.25) is 0 Å². The second-order valence-corrected chi connectivity index (χ2v) is 4.67. The Labute approximate surface area is 94.7 Å². The summed E-state index contributed by atoms with van der Waals surface area (Å²) in [6.45, 7) is 1.67. The van der Waals surface area contributed by atoms with Gasteiger partial charge in [0.2, 0.25) is 0 Å². The predicted molar refractivity (Wildman–Crippen MR) is 63.5 cm³/mol. The minimum absolute atomic E-state index is 0.160. The van der Waals surface area contributed by atoms with Crippen molar-refractivity contribution in [2.24, 2.45) is 0 Å². The van der Waals surface area contributed by atoms with Crippen LogP contribution >= 0.6 is 0 Å². The lowest BCUT2D eigenvalue weighted by Crippen LogP contribution is -2.46. The fourth-order valence-corrected chi connectivity index (χ4v) is 3.03. The van der Waals surface area contributed by atoms with Gasteiger partial charge in [-0.25, -0.2) is 0 Å². The van der Waals surface area contributed by atoms with Crippen LogP contribution in [0.3, 0.4) is 0 Å². The van der Waals surface area contributed by atoms with Crippen molar-refractivity contribution < 1.29 is 4.74 Å². The maximum absolute atomic E-state index is 5.47. The van der Waals surface area contributed by atoms with E-state index in [0.29, 0.717) is 0 Å². The molecule has 0 N–H and O–H groups in total. The lowest BCUT2D eigenvalue weighted by Gasteiger charge is -2.40. The van der Waals surface area contributed by atoms with Crippen molar-refractivity contribution in [3.05, 3.63) is 59.7 Å². The molecule has 1 nitrogen and oxygen atoms in total. The quantitative estimate of drug-likeness (QED) is 0.646. The van der Waals surface area contributed by atoms with Crippen LogP contribution in [0.15, 0.2) is 48.5 Å². The number of ether oxygens (including phenoxy) is 1. The van der Waals surface area contributed by atoms with Gasteiger partial charge < -0.3 is 4.74 Å². The second-order valence-electron chi connectivity index (χ2n) is 4.67. The molecule has 0 aromatic heterocycles. The van der Waals surface area contributed by atoms with Crippen molar-refractivity contribution in [1.29, 1.82) is 0 Å². The van der Waals surface area contributed by atoms with Crippen LogP contribution in [0.4, 0.5) is 0 Å². The van der Waals surface area contributed by atoms with E-state index in [1.807, 2.05) is 0 Å². The predicted octanol–water partition coefficient (Wildman–Crippen LogP) is 2.98. The fraction of sp³-hybridized carbons (Fsp3) is 0.200. The lowest BCUT2D eigenvalue weighted by molar-refractivity contribution is -0.0357. The third-order valence-electron chi connectivity index (χ3n) is 3.87. The molecule has 1 spiro atoms. The van der Waals surface area contributed by atoms with Gasteiger partial charge in [-0.2, -0.15) is 0 Å². The molecule has 4 rings (SSSR count). The van der Waals surface area contributed by atoms with Crippen LogP contribution in [0.25, 0.3) is 11.1 Å². The van der Waals surface area contributed by atoms with Gasteiger partial charge in [-0.05, 0) is 22.3 Å². The number of rotatable bonds is 0. The molecule has 2 aromatic rings. The van der Waals surface area contributed by atoms with Gasteiger partial charge in [0.15, 0.2) is 0 Å². The van der Waals surface area contributed by atoms with E-state index in [1.54, 1.807) is 0 Å². The molecule has 0 saturated carbocycles. The first-order valence-electron chi connectivity index (χ1n) is 5.69. The summed E-state index contributed by atoms with van der Waals surface area (Å²) < 4.78 is 5.47. The van der Waals surface area contributed by atoms with Crippen molar-refractivity contribution in [2.75, 3.05) is 13.2 Å². The monoisotopic (exact) mass is 208 g/mol. The molecule has 0 unspecified atom stereocenters. The summed E-state index contributed by atoms with van der Waals surface area (Å²) in [7, 11) is 0. The number of benzene rings is 2. The van der Waals surface area contributed by atoms with E-state index >= 15 is 0 Å². The summed E-state index contributed by atoms with van der Waals surface area (Å²) in [5.41, 5.74) is 5.83. The Kier molecular flexibility index (Phi) is 1.46. The van der Waals surface area contributed by atoms with E-state index in [0.717, 1.165) is 13.2 Å². The molecule has 0 bridgehead atoms. The van der Waals surface area contributed by atoms with E-state index in [1.165, 1.54) is 22.3 Å². The summed E-state index contributed by atoms with van der Waals surface area (Å²) >= 11 is 0. The van der Waals surface area contributed by atoms with Gasteiger partial charge in [-0.1, -0.05) is 48.5 Å². The molecule has 2 aliphatic rings. The molecule has 1 saturated heterocycles. The van der Waals surface area contributed by atoms with Crippen molar-refractivity contribution in [3.8, 4) is 11.1 Å². The summed E-state index contributed by atoms with van der Waals surface area (Å²) in [5, 5.41) is 0. The van der Waals surface area contributed by atoms with E-state index in [-0.39, 0.29) is 5.41 Å². The Balaban J connectivity index is 2.10. The zero-order valence-corrected chi connectivity index (χ0v) is 8.94. The average molecular weight is 208 g/mol. The molecule has 1 aliphatic heterocycles. The van der Waals surface area contributed by atoms with Gasteiger partial charge in [-0.3, -0.25) is 0 Å². The smallest absolute Gasteiger partial charge is 0.0681 e. The van der Waals surface area contributed by atoms with Crippen molar-refractivity contribution in [3.63, 3.8) is 0 Å². The molecule has 1 aliphatic carbocycles. The molecule has 0 radical (unpaired) electrons. The van der Waals surface area contributed by atoms with Crippen LogP contribution in [-0.2, 0) is 10.2 Å². The summed E-state index contributed by atoms with van der Waals surface area (Å²) in [6, 6.07) is 17.4. The second kappa shape index (κ2) is 2.74. The minimum Gasteiger partial charge on any atom is -0.379 e. The van der Waals surface area contributed by atoms with E-state index in [4.69, 9.17) is 4.74 Å². The highest BCUT2D eigenvalue weighted by Crippen LogP contribution is 2.52. The Bertz CT molecular complexity index is 520. The summed E-state index contributed by atoms with van der Waals surface area (Å²) in [6.07, 6.45) is 0. The Morgan fingerprint density at radius 1 is 0.750 bits per heavy atom. The molecule has 0 amide bonds. The Morgan fingerprint density at radius 2 is 1.25 bits per heavy atom. The largest absolute Gasteiger partial charge is 0.379 e. The molecule has 1 fully saturated rings. The third kappa shape index (κ3) is 0.817. The fourth-order valence-electron chi connectivity index (χ4n) is 3.03. The van der Waals surface area contributed by atoms with Crippen LogP contribution in [0.5, 0.6) is 0 Å². The van der Waals surface area contributed by atoms with E-state index in [2.05, 4.69) is 48.5 Å². The molecular weight excluding hydrogens is 196 g/mol. The standard InChI is InChI=1S/C15H12O/c1-3-7-13-11(5-1)12-6-2-4-8-14(12)15(13)9-16-10-15/h1-8H,9-10H2. The molecule has 1 heteroatoms. The van der Waals surface area contributed by atoms with E-state index in [9.17, 15) is 0 Å². The summed E-state index contributed by atoms with van der Waals surface area (Å²) in [4.78, 5) is 0. The number of fused-ring (bicyclic) bond motifs is 5. The van der Waals surface area contributed by atoms with Crippen molar-refractivity contribution >= 4 is 0 Å². The van der Waals surface area contributed by atoms with Gasteiger partial charge in [-0.15, -0.1) is 0 Å². The van der Waals surface area contributed by atoms with Gasteiger partial charge in [0, 0.05) is 0 Å². The average Bonchev–Trinajstić information content (AvgIpc) is 2.59. The third-order valence-corrected chi connectivity index (χ3v) is 3.87. The molecule has 1 heterocycles. The van der Waals surface area contributed by atoms with Crippen molar-refractivity contribution in [1.82, 2.24) is 0 Å². The van der Waals surface area contributed by atoms with Gasteiger partial charge >= 0.3 is 0 Å². The highest BCUT2D eigenvalue weighted by atomic mass is 16.5. The molecule has 2 aromatic carbocycles. The zero-order chi connectivity index (χ0) is 10.6. The molecular formula is C15H12O. The van der Waals surface area contributed by atoms with Crippen LogP contribution in [-0.4, -0.2) is 13.2 Å².